The number of benzene rings is 8. The van der Waals surface area contributed by atoms with E-state index in [1.54, 1.807) is 0 Å². The van der Waals surface area contributed by atoms with Gasteiger partial charge in [0.15, 0.2) is 0 Å². The summed E-state index contributed by atoms with van der Waals surface area (Å²) >= 11 is 0. The molecule has 16 bridgehead atoms. The van der Waals surface area contributed by atoms with Crippen LogP contribution in [0.25, 0.3) is 44.5 Å². The van der Waals surface area contributed by atoms with Crippen molar-refractivity contribution in [2.75, 3.05) is 0 Å². The fourth-order valence-corrected chi connectivity index (χ4v) is 7.48. The third-order valence-corrected chi connectivity index (χ3v) is 10.7. The van der Waals surface area contributed by atoms with Crippen molar-refractivity contribution in [3.8, 4) is 44.5 Å². The minimum Gasteiger partial charge on any atom is -0.288 e. The molecule has 8 aromatic carbocycles. The highest BCUT2D eigenvalue weighted by molar-refractivity contribution is 5.85. The summed E-state index contributed by atoms with van der Waals surface area (Å²) in [6.45, 7) is 2.45. The fraction of sp³-hybridized carbons (Fsp3) is 0.0714. The Hall–Kier alpha value is -7.56. The topological polar surface area (TPSA) is 49.4 Å². The highest BCUT2D eigenvalue weighted by Gasteiger charge is 2.05. The quantitative estimate of drug-likeness (QED) is 0.147. The van der Waals surface area contributed by atoms with Crippen molar-refractivity contribution in [3.05, 3.63) is 239 Å². The van der Waals surface area contributed by atoms with E-state index in [4.69, 9.17) is 20.0 Å². The van der Waals surface area contributed by atoms with E-state index in [0.717, 1.165) is 22.3 Å². The Kier molecular flexibility index (Phi) is 11.6. The van der Waals surface area contributed by atoms with Gasteiger partial charge in [-0.3, -0.25) is 20.0 Å². The SMILES string of the molecule is C1=NCc2cccc(c2)CN=Cc2ccc(cc2)-c2cccc(c2)-c2ccc(cc2)C=NCc2cccc(c2)CN=Cc2ccc(cc2)-c2cccc(c2)-c2ccc1cc2. The van der Waals surface area contributed by atoms with Crippen molar-refractivity contribution in [2.45, 2.75) is 26.2 Å². The van der Waals surface area contributed by atoms with Gasteiger partial charge >= 0.3 is 0 Å². The first-order valence-corrected chi connectivity index (χ1v) is 20.4. The molecule has 0 atom stereocenters. The Balaban J connectivity index is 0.954. The van der Waals surface area contributed by atoms with E-state index in [2.05, 4.69) is 194 Å². The van der Waals surface area contributed by atoms with Crippen LogP contribution in [-0.2, 0) is 26.2 Å². The first-order valence-electron chi connectivity index (χ1n) is 20.4. The van der Waals surface area contributed by atoms with Gasteiger partial charge in [0.2, 0.25) is 0 Å². The molecule has 0 amide bonds. The normalized spacial score (nSPS) is 12.8. The van der Waals surface area contributed by atoms with Gasteiger partial charge in [-0.05, 0) is 101 Å². The molecule has 7 aliphatic rings. The largest absolute Gasteiger partial charge is 0.288 e. The second-order valence-electron chi connectivity index (χ2n) is 15.2. The minimum atomic E-state index is 0.614. The van der Waals surface area contributed by atoms with Gasteiger partial charge in [-0.15, -0.1) is 0 Å². The maximum Gasteiger partial charge on any atom is 0.0640 e. The molecule has 7 aliphatic heterocycles. The minimum absolute atomic E-state index is 0.614. The lowest BCUT2D eigenvalue weighted by Crippen LogP contribution is -1.90. The smallest absolute Gasteiger partial charge is 0.0640 e. The predicted octanol–water partition coefficient (Wildman–Crippen LogP) is 13.1. The molecule has 0 unspecified atom stereocenters. The van der Waals surface area contributed by atoms with E-state index in [-0.39, 0.29) is 0 Å². The van der Waals surface area contributed by atoms with Crippen LogP contribution in [-0.4, -0.2) is 24.9 Å². The van der Waals surface area contributed by atoms with Gasteiger partial charge in [-0.2, -0.15) is 0 Å². The Morgan fingerprint density at radius 3 is 0.700 bits per heavy atom. The van der Waals surface area contributed by atoms with Crippen molar-refractivity contribution in [3.63, 3.8) is 0 Å². The van der Waals surface area contributed by atoms with Crippen LogP contribution in [0, 0.1) is 0 Å². The van der Waals surface area contributed by atoms with Crippen LogP contribution in [0.5, 0.6) is 0 Å². The van der Waals surface area contributed by atoms with E-state index >= 15 is 0 Å². The lowest BCUT2D eigenvalue weighted by Gasteiger charge is -2.07. The molecule has 4 heteroatoms. The number of hydrogen-bond donors (Lipinski definition) is 0. The van der Waals surface area contributed by atoms with Gasteiger partial charge < -0.3 is 0 Å². The Morgan fingerprint density at radius 2 is 0.450 bits per heavy atom. The van der Waals surface area contributed by atoms with Crippen LogP contribution in [0.3, 0.4) is 0 Å². The summed E-state index contributed by atoms with van der Waals surface area (Å²) in [5.41, 5.74) is 18.4. The van der Waals surface area contributed by atoms with Gasteiger partial charge in [0.1, 0.15) is 0 Å². The second kappa shape index (κ2) is 18.4. The van der Waals surface area contributed by atoms with Crippen molar-refractivity contribution in [2.24, 2.45) is 20.0 Å². The monoisotopic (exact) mass is 772 g/mol. The average molecular weight is 773 g/mol. The first kappa shape index (κ1) is 38.0. The van der Waals surface area contributed by atoms with Gasteiger partial charge in [-0.1, -0.05) is 182 Å². The van der Waals surface area contributed by atoms with Gasteiger partial charge in [0, 0.05) is 24.9 Å². The summed E-state index contributed by atoms with van der Waals surface area (Å²) < 4.78 is 0. The summed E-state index contributed by atoms with van der Waals surface area (Å²) in [6.07, 6.45) is 7.83. The standard InChI is InChI=1S/C56H44N4/c1-5-45-29-46(6-1)38-58-34-42-15-23-50(24-16-42)54-10-4-12-56(32-54)52-27-19-44(20-28-52)36-60-40-48-8-2-7-47(30-48)39-59-35-43-17-25-51(26-18-43)55-11-3-9-53(31-55)49-21-13-41(14-22-49)33-57-37-45/h1-36H,37-40H2. The van der Waals surface area contributed by atoms with Crippen LogP contribution in [0.2, 0.25) is 0 Å². The molecule has 0 saturated carbocycles. The van der Waals surface area contributed by atoms with Gasteiger partial charge in [0.05, 0.1) is 26.2 Å². The molecule has 8 aromatic rings. The lowest BCUT2D eigenvalue weighted by atomic mass is 9.98. The molecule has 60 heavy (non-hydrogen) atoms. The summed E-state index contributed by atoms with van der Waals surface area (Å²) in [6, 6.07) is 68.9. The third kappa shape index (κ3) is 9.75. The van der Waals surface area contributed by atoms with Crippen molar-refractivity contribution < 1.29 is 0 Å². The van der Waals surface area contributed by atoms with E-state index in [0.29, 0.717) is 26.2 Å². The highest BCUT2D eigenvalue weighted by atomic mass is 14.7. The second-order valence-corrected chi connectivity index (χ2v) is 15.2. The Bertz CT molecular complexity index is 2450. The molecule has 7 heterocycles. The Labute approximate surface area is 352 Å². The van der Waals surface area contributed by atoms with Crippen LogP contribution >= 0.6 is 0 Å². The van der Waals surface area contributed by atoms with Gasteiger partial charge in [0.25, 0.3) is 0 Å². The van der Waals surface area contributed by atoms with E-state index in [1.165, 1.54) is 66.8 Å². The molecule has 0 saturated heterocycles. The maximum atomic E-state index is 4.77. The summed E-state index contributed by atoms with van der Waals surface area (Å²) in [5, 5.41) is 0. The van der Waals surface area contributed by atoms with Crippen LogP contribution < -0.4 is 0 Å². The number of nitrogens with zero attached hydrogens (tertiary/aromatic N) is 4. The van der Waals surface area contributed by atoms with Gasteiger partial charge in [-0.25, -0.2) is 0 Å². The number of hydrogen-bond acceptors (Lipinski definition) is 4. The molecular formula is C56H44N4. The lowest BCUT2D eigenvalue weighted by molar-refractivity contribution is 1.03. The van der Waals surface area contributed by atoms with Crippen molar-refractivity contribution in [1.82, 2.24) is 0 Å². The highest BCUT2D eigenvalue weighted by Crippen LogP contribution is 2.28. The molecule has 0 N–H and O–H groups in total. The van der Waals surface area contributed by atoms with E-state index in [9.17, 15) is 0 Å². The Morgan fingerprint density at radius 1 is 0.217 bits per heavy atom. The molecular weight excluding hydrogens is 729 g/mol. The van der Waals surface area contributed by atoms with Crippen LogP contribution in [0.1, 0.15) is 44.5 Å². The van der Waals surface area contributed by atoms with E-state index < -0.39 is 0 Å². The molecule has 0 fully saturated rings. The molecule has 0 radical (unpaired) electrons. The predicted molar refractivity (Wildman–Crippen MR) is 253 cm³/mol. The molecule has 0 spiro atoms. The summed E-state index contributed by atoms with van der Waals surface area (Å²) in [7, 11) is 0. The molecule has 0 aromatic heterocycles. The number of aliphatic imine (C=N–C) groups is 4. The van der Waals surface area contributed by atoms with Crippen molar-refractivity contribution >= 4 is 24.9 Å². The van der Waals surface area contributed by atoms with Crippen LogP contribution in [0.4, 0.5) is 0 Å². The summed E-state index contributed by atoms with van der Waals surface area (Å²) in [5.74, 6) is 0. The zero-order valence-electron chi connectivity index (χ0n) is 33.4. The van der Waals surface area contributed by atoms with E-state index in [1.807, 2.05) is 24.9 Å². The molecule has 4 nitrogen and oxygen atoms in total. The average Bonchev–Trinajstić information content (AvgIpc) is 3.30. The molecule has 15 rings (SSSR count). The summed E-state index contributed by atoms with van der Waals surface area (Å²) in [4.78, 5) is 19.1. The first-order chi connectivity index (χ1) is 29.7. The fourth-order valence-electron chi connectivity index (χ4n) is 7.48. The molecule has 0 aliphatic carbocycles. The zero-order chi connectivity index (χ0) is 40.4. The maximum absolute atomic E-state index is 4.77. The zero-order valence-corrected chi connectivity index (χ0v) is 33.4. The van der Waals surface area contributed by atoms with Crippen molar-refractivity contribution in [1.29, 1.82) is 0 Å². The third-order valence-electron chi connectivity index (χ3n) is 10.7. The number of rotatable bonds is 0. The molecule has 288 valence electrons. The van der Waals surface area contributed by atoms with Crippen LogP contribution in [0.15, 0.2) is 214 Å².